The van der Waals surface area contributed by atoms with Gasteiger partial charge in [0, 0.05) is 29.6 Å². The molecule has 4 aromatic rings. The summed E-state index contributed by atoms with van der Waals surface area (Å²) in [7, 11) is 0. The van der Waals surface area contributed by atoms with Crippen molar-refractivity contribution in [2.45, 2.75) is 37.7 Å². The van der Waals surface area contributed by atoms with E-state index in [1.165, 1.54) is 11.8 Å². The number of aromatic nitrogens is 4. The maximum atomic E-state index is 12.4. The van der Waals surface area contributed by atoms with Gasteiger partial charge in [0.05, 0.1) is 16.5 Å². The van der Waals surface area contributed by atoms with Gasteiger partial charge >= 0.3 is 6.03 Å². The Morgan fingerprint density at radius 2 is 1.76 bits per heavy atom. The average molecular weight is 475 g/mol. The standard InChI is InChI=1S/C25H26N6O2S/c1-4-26-24(33)28-23(32)16(3)34-25-30-29-22(31(25)5-2)19-15-21(17-11-7-6-8-12-17)27-20-14-10-9-13-18(19)20/h6-16H,4-5H2,1-3H3,(H2,26,28,32,33)/t16-/m1/s1. The highest BCUT2D eigenvalue weighted by Gasteiger charge is 2.23. The van der Waals surface area contributed by atoms with E-state index >= 15 is 0 Å². The van der Waals surface area contributed by atoms with Crippen molar-refractivity contribution in [3.8, 4) is 22.6 Å². The first kappa shape index (κ1) is 23.4. The highest BCUT2D eigenvalue weighted by atomic mass is 32.2. The van der Waals surface area contributed by atoms with Crippen molar-refractivity contribution in [1.82, 2.24) is 30.4 Å². The highest BCUT2D eigenvalue weighted by Crippen LogP contribution is 2.33. The average Bonchev–Trinajstić information content (AvgIpc) is 3.26. The van der Waals surface area contributed by atoms with Crippen molar-refractivity contribution < 1.29 is 9.59 Å². The van der Waals surface area contributed by atoms with E-state index in [4.69, 9.17) is 4.98 Å². The van der Waals surface area contributed by atoms with E-state index in [9.17, 15) is 9.59 Å². The molecule has 0 saturated carbocycles. The highest BCUT2D eigenvalue weighted by molar-refractivity contribution is 8.00. The van der Waals surface area contributed by atoms with Crippen LogP contribution < -0.4 is 10.6 Å². The summed E-state index contributed by atoms with van der Waals surface area (Å²) in [5.41, 5.74) is 3.66. The predicted octanol–water partition coefficient (Wildman–Crippen LogP) is 4.51. The van der Waals surface area contributed by atoms with Gasteiger partial charge in [-0.3, -0.25) is 10.1 Å². The van der Waals surface area contributed by atoms with Crippen molar-refractivity contribution in [3.05, 3.63) is 60.7 Å². The van der Waals surface area contributed by atoms with Crippen molar-refractivity contribution in [2.75, 3.05) is 6.54 Å². The zero-order valence-electron chi connectivity index (χ0n) is 19.3. The van der Waals surface area contributed by atoms with E-state index in [1.54, 1.807) is 13.8 Å². The Bertz CT molecular complexity index is 1320. The lowest BCUT2D eigenvalue weighted by Crippen LogP contribution is -2.42. The molecule has 0 fully saturated rings. The normalized spacial score (nSPS) is 11.9. The van der Waals surface area contributed by atoms with Crippen LogP contribution >= 0.6 is 11.8 Å². The SMILES string of the molecule is CCNC(=O)NC(=O)[C@@H](C)Sc1nnc(-c2cc(-c3ccccc3)nc3ccccc23)n1CC. The first-order valence-corrected chi connectivity index (χ1v) is 12.0. The van der Waals surface area contributed by atoms with Crippen molar-refractivity contribution in [3.63, 3.8) is 0 Å². The van der Waals surface area contributed by atoms with Gasteiger partial charge in [-0.05, 0) is 32.9 Å². The van der Waals surface area contributed by atoms with Crippen LogP contribution in [0.15, 0.2) is 65.8 Å². The number of para-hydroxylation sites is 1. The monoisotopic (exact) mass is 474 g/mol. The zero-order chi connectivity index (χ0) is 24.1. The molecule has 0 saturated heterocycles. The van der Waals surface area contributed by atoms with E-state index in [0.717, 1.165) is 27.7 Å². The van der Waals surface area contributed by atoms with Gasteiger partial charge < -0.3 is 9.88 Å². The van der Waals surface area contributed by atoms with Crippen LogP contribution in [0.4, 0.5) is 4.79 Å². The van der Waals surface area contributed by atoms with Crippen LogP contribution in [0.2, 0.25) is 0 Å². The maximum Gasteiger partial charge on any atom is 0.321 e. The molecule has 174 valence electrons. The number of amides is 3. The number of pyridine rings is 1. The number of hydrogen-bond acceptors (Lipinski definition) is 6. The van der Waals surface area contributed by atoms with Crippen LogP contribution in [0, 0.1) is 0 Å². The summed E-state index contributed by atoms with van der Waals surface area (Å²) in [6.45, 7) is 6.60. The molecule has 0 unspecified atom stereocenters. The molecule has 2 heterocycles. The number of carbonyl (C=O) groups is 2. The predicted molar refractivity (Wildman–Crippen MR) is 134 cm³/mol. The summed E-state index contributed by atoms with van der Waals surface area (Å²) in [6.07, 6.45) is 0. The summed E-state index contributed by atoms with van der Waals surface area (Å²) in [6, 6.07) is 19.5. The topological polar surface area (TPSA) is 102 Å². The van der Waals surface area contributed by atoms with E-state index in [1.807, 2.05) is 72.2 Å². The van der Waals surface area contributed by atoms with Crippen molar-refractivity contribution >= 4 is 34.6 Å². The number of rotatable bonds is 7. The first-order chi connectivity index (χ1) is 16.5. The molecule has 0 spiro atoms. The Hall–Kier alpha value is -3.72. The van der Waals surface area contributed by atoms with Crippen LogP contribution in [0.5, 0.6) is 0 Å². The molecule has 2 N–H and O–H groups in total. The maximum absolute atomic E-state index is 12.4. The zero-order valence-corrected chi connectivity index (χ0v) is 20.1. The molecule has 4 rings (SSSR count). The largest absolute Gasteiger partial charge is 0.338 e. The molecular formula is C25H26N6O2S. The van der Waals surface area contributed by atoms with Crippen LogP contribution in [0.1, 0.15) is 20.8 Å². The molecule has 0 bridgehead atoms. The minimum absolute atomic E-state index is 0.385. The number of nitrogens with one attached hydrogen (secondary N) is 2. The van der Waals surface area contributed by atoms with Gasteiger partial charge in [-0.15, -0.1) is 10.2 Å². The quantitative estimate of drug-likeness (QED) is 0.382. The van der Waals surface area contributed by atoms with Gasteiger partial charge in [0.2, 0.25) is 5.91 Å². The van der Waals surface area contributed by atoms with Crippen LogP contribution in [0.3, 0.4) is 0 Å². The summed E-state index contributed by atoms with van der Waals surface area (Å²) in [5, 5.41) is 14.9. The first-order valence-electron chi connectivity index (χ1n) is 11.2. The molecule has 8 nitrogen and oxygen atoms in total. The summed E-state index contributed by atoms with van der Waals surface area (Å²) in [5.74, 6) is 0.320. The number of hydrogen-bond donors (Lipinski definition) is 2. The smallest absolute Gasteiger partial charge is 0.321 e. The number of benzene rings is 2. The lowest BCUT2D eigenvalue weighted by molar-refractivity contribution is -0.119. The number of nitrogens with zero attached hydrogens (tertiary/aromatic N) is 4. The molecule has 9 heteroatoms. The lowest BCUT2D eigenvalue weighted by Gasteiger charge is -2.13. The Morgan fingerprint density at radius 1 is 1.03 bits per heavy atom. The minimum atomic E-state index is -0.529. The molecule has 2 aromatic carbocycles. The minimum Gasteiger partial charge on any atom is -0.338 e. The van der Waals surface area contributed by atoms with Crippen molar-refractivity contribution in [1.29, 1.82) is 0 Å². The molecule has 0 aliphatic carbocycles. The van der Waals surface area contributed by atoms with Crippen molar-refractivity contribution in [2.24, 2.45) is 0 Å². The lowest BCUT2D eigenvalue weighted by atomic mass is 10.0. The van der Waals surface area contributed by atoms with Crippen LogP contribution in [0.25, 0.3) is 33.5 Å². The fourth-order valence-corrected chi connectivity index (χ4v) is 4.52. The molecule has 0 aliphatic heterocycles. The number of carbonyl (C=O) groups excluding carboxylic acids is 2. The Kier molecular flexibility index (Phi) is 7.22. The van der Waals surface area contributed by atoms with E-state index < -0.39 is 11.3 Å². The summed E-state index contributed by atoms with van der Waals surface area (Å²) < 4.78 is 1.98. The molecule has 2 aromatic heterocycles. The van der Waals surface area contributed by atoms with Crippen LogP contribution in [-0.2, 0) is 11.3 Å². The molecule has 3 amide bonds. The fraction of sp³-hybridized carbons (Fsp3) is 0.240. The fourth-order valence-electron chi connectivity index (χ4n) is 3.61. The third-order valence-corrected chi connectivity index (χ3v) is 6.37. The Labute approximate surface area is 202 Å². The number of imide groups is 1. The second-order valence-corrected chi connectivity index (χ2v) is 8.91. The third-order valence-electron chi connectivity index (χ3n) is 5.29. The van der Waals surface area contributed by atoms with Gasteiger partial charge in [0.1, 0.15) is 0 Å². The Morgan fingerprint density at radius 3 is 2.50 bits per heavy atom. The molecule has 0 aliphatic rings. The Balaban J connectivity index is 1.71. The van der Waals surface area contributed by atoms with Gasteiger partial charge in [0.15, 0.2) is 11.0 Å². The molecule has 0 radical (unpaired) electrons. The van der Waals surface area contributed by atoms with Crippen LogP contribution in [-0.4, -0.2) is 43.5 Å². The van der Waals surface area contributed by atoms with Gasteiger partial charge in [0.25, 0.3) is 0 Å². The van der Waals surface area contributed by atoms with E-state index in [2.05, 4.69) is 20.8 Å². The second-order valence-electron chi connectivity index (χ2n) is 7.60. The number of thioether (sulfide) groups is 1. The third kappa shape index (κ3) is 4.94. The van der Waals surface area contributed by atoms with E-state index in [-0.39, 0.29) is 5.91 Å². The molecule has 1 atom stereocenters. The number of fused-ring (bicyclic) bond motifs is 1. The van der Waals surface area contributed by atoms with Gasteiger partial charge in [-0.2, -0.15) is 0 Å². The number of urea groups is 1. The molecular weight excluding hydrogens is 448 g/mol. The van der Waals surface area contributed by atoms with Gasteiger partial charge in [-0.1, -0.05) is 60.3 Å². The van der Waals surface area contributed by atoms with Gasteiger partial charge in [-0.25, -0.2) is 9.78 Å². The molecule has 34 heavy (non-hydrogen) atoms. The summed E-state index contributed by atoms with van der Waals surface area (Å²) >= 11 is 1.27. The second kappa shape index (κ2) is 10.5. The van der Waals surface area contributed by atoms with E-state index in [0.29, 0.717) is 24.1 Å². The summed E-state index contributed by atoms with van der Waals surface area (Å²) in [4.78, 5) is 29.0.